The molecule has 1 aliphatic rings. The molecule has 1 aliphatic heterocycles. The summed E-state index contributed by atoms with van der Waals surface area (Å²) >= 11 is 1.29. The van der Waals surface area contributed by atoms with Crippen LogP contribution in [0, 0.1) is 12.8 Å². The smallest absolute Gasteiger partial charge is 0.265 e. The zero-order valence-corrected chi connectivity index (χ0v) is 10.5. The minimum atomic E-state index is 0.0997. The molecule has 2 N–H and O–H groups in total. The van der Waals surface area contributed by atoms with Crippen LogP contribution >= 0.6 is 11.3 Å². The average molecular weight is 239 g/mol. The number of nitrogen functional groups attached to an aromatic ring is 1. The minimum absolute atomic E-state index is 0.0997. The molecule has 0 radical (unpaired) electrons. The van der Waals surface area contributed by atoms with E-state index in [0.29, 0.717) is 15.9 Å². The first-order valence-corrected chi connectivity index (χ1v) is 6.45. The highest BCUT2D eigenvalue weighted by Gasteiger charge is 2.27. The molecule has 4 nitrogen and oxygen atoms in total. The van der Waals surface area contributed by atoms with Crippen LogP contribution in [-0.2, 0) is 0 Å². The lowest BCUT2D eigenvalue weighted by atomic mass is 10.1. The molecule has 1 unspecified atom stereocenters. The summed E-state index contributed by atoms with van der Waals surface area (Å²) in [5, 5.41) is 0.479. The molecular formula is C11H17N3OS. The van der Waals surface area contributed by atoms with E-state index in [1.54, 1.807) is 0 Å². The van der Waals surface area contributed by atoms with Crippen molar-refractivity contribution >= 4 is 22.4 Å². The number of likely N-dealkylation sites (tertiary alicyclic amines) is 1. The molecule has 0 bridgehead atoms. The maximum absolute atomic E-state index is 12.2. The molecule has 2 heterocycles. The predicted molar refractivity (Wildman–Crippen MR) is 65.6 cm³/mol. The molecule has 1 aromatic heterocycles. The van der Waals surface area contributed by atoms with E-state index in [4.69, 9.17) is 5.73 Å². The standard InChI is InChI=1S/C11H17N3OS/c1-3-8-4-5-14(6-8)10(15)9-7(2)13-11(12)16-9/h8H,3-6H2,1-2H3,(H2,12,13). The normalized spacial score (nSPS) is 20.4. The van der Waals surface area contributed by atoms with Crippen molar-refractivity contribution in [3.8, 4) is 0 Å². The molecule has 1 fully saturated rings. The van der Waals surface area contributed by atoms with E-state index in [9.17, 15) is 4.79 Å². The van der Waals surface area contributed by atoms with Crippen molar-refractivity contribution in [3.05, 3.63) is 10.6 Å². The number of thiazole rings is 1. The Labute approximate surface area is 99.5 Å². The Hall–Kier alpha value is -1.10. The highest BCUT2D eigenvalue weighted by molar-refractivity contribution is 7.17. The zero-order valence-electron chi connectivity index (χ0n) is 9.69. The Morgan fingerprint density at radius 2 is 2.44 bits per heavy atom. The molecule has 0 saturated carbocycles. The SMILES string of the molecule is CCC1CCN(C(=O)c2sc(N)nc2C)C1. The number of carbonyl (C=O) groups excluding carboxylic acids is 1. The third kappa shape index (κ3) is 2.04. The Morgan fingerprint density at radius 3 is 2.94 bits per heavy atom. The predicted octanol–water partition coefficient (Wildman–Crippen LogP) is 1.91. The summed E-state index contributed by atoms with van der Waals surface area (Å²) in [5.41, 5.74) is 6.36. The van der Waals surface area contributed by atoms with Gasteiger partial charge in [0.05, 0.1) is 5.69 Å². The van der Waals surface area contributed by atoms with Crippen molar-refractivity contribution in [2.75, 3.05) is 18.8 Å². The summed E-state index contributed by atoms with van der Waals surface area (Å²) in [7, 11) is 0. The summed E-state index contributed by atoms with van der Waals surface area (Å²) in [6, 6.07) is 0. The fourth-order valence-electron chi connectivity index (χ4n) is 2.11. The largest absolute Gasteiger partial charge is 0.375 e. The van der Waals surface area contributed by atoms with Gasteiger partial charge in [0.25, 0.3) is 5.91 Å². The molecule has 1 amide bonds. The molecule has 1 aromatic rings. The average Bonchev–Trinajstić information content (AvgIpc) is 2.84. The van der Waals surface area contributed by atoms with E-state index < -0.39 is 0 Å². The molecule has 0 aliphatic carbocycles. The van der Waals surface area contributed by atoms with Crippen LogP contribution in [0.1, 0.15) is 35.1 Å². The van der Waals surface area contributed by atoms with Gasteiger partial charge >= 0.3 is 0 Å². The van der Waals surface area contributed by atoms with Crippen LogP contribution < -0.4 is 5.73 Å². The van der Waals surface area contributed by atoms with Crippen molar-refractivity contribution in [2.45, 2.75) is 26.7 Å². The number of amides is 1. The molecular weight excluding hydrogens is 222 g/mol. The van der Waals surface area contributed by atoms with Gasteiger partial charge in [0, 0.05) is 13.1 Å². The molecule has 2 rings (SSSR count). The highest BCUT2D eigenvalue weighted by Crippen LogP contribution is 2.25. The number of carbonyl (C=O) groups is 1. The molecule has 88 valence electrons. The fraction of sp³-hybridized carbons (Fsp3) is 0.636. The number of anilines is 1. The van der Waals surface area contributed by atoms with Crippen LogP contribution in [0.3, 0.4) is 0 Å². The van der Waals surface area contributed by atoms with Gasteiger partial charge < -0.3 is 10.6 Å². The van der Waals surface area contributed by atoms with Crippen LogP contribution in [0.4, 0.5) is 5.13 Å². The molecule has 1 saturated heterocycles. The summed E-state index contributed by atoms with van der Waals surface area (Å²) in [5.74, 6) is 0.761. The van der Waals surface area contributed by atoms with Gasteiger partial charge in [0.1, 0.15) is 4.88 Å². The number of aromatic nitrogens is 1. The maximum atomic E-state index is 12.2. The lowest BCUT2D eigenvalue weighted by Crippen LogP contribution is -2.28. The van der Waals surface area contributed by atoms with Crippen LogP contribution in [0.25, 0.3) is 0 Å². The number of rotatable bonds is 2. The van der Waals surface area contributed by atoms with Crippen molar-refractivity contribution in [1.29, 1.82) is 0 Å². The maximum Gasteiger partial charge on any atom is 0.265 e. The third-order valence-electron chi connectivity index (χ3n) is 3.16. The monoisotopic (exact) mass is 239 g/mol. The topological polar surface area (TPSA) is 59.2 Å². The Morgan fingerprint density at radius 1 is 1.69 bits per heavy atom. The van der Waals surface area contributed by atoms with E-state index in [-0.39, 0.29) is 5.91 Å². The zero-order chi connectivity index (χ0) is 11.7. The van der Waals surface area contributed by atoms with Crippen LogP contribution in [0.5, 0.6) is 0 Å². The number of hydrogen-bond donors (Lipinski definition) is 1. The first-order valence-electron chi connectivity index (χ1n) is 5.64. The van der Waals surface area contributed by atoms with E-state index in [1.807, 2.05) is 11.8 Å². The second-order valence-electron chi connectivity index (χ2n) is 4.28. The first kappa shape index (κ1) is 11.4. The highest BCUT2D eigenvalue weighted by atomic mass is 32.1. The van der Waals surface area contributed by atoms with E-state index in [0.717, 1.165) is 31.6 Å². The molecule has 5 heteroatoms. The van der Waals surface area contributed by atoms with Gasteiger partial charge in [0.15, 0.2) is 5.13 Å². The molecule has 0 spiro atoms. The number of nitrogens with zero attached hydrogens (tertiary/aromatic N) is 2. The van der Waals surface area contributed by atoms with Crippen LogP contribution in [-0.4, -0.2) is 28.9 Å². The Kier molecular flexibility index (Phi) is 3.14. The number of aryl methyl sites for hydroxylation is 1. The van der Waals surface area contributed by atoms with Crippen molar-refractivity contribution in [1.82, 2.24) is 9.88 Å². The van der Waals surface area contributed by atoms with E-state index in [1.165, 1.54) is 11.3 Å². The van der Waals surface area contributed by atoms with Crippen molar-refractivity contribution in [3.63, 3.8) is 0 Å². The summed E-state index contributed by atoms with van der Waals surface area (Å²) in [6.07, 6.45) is 2.27. The molecule has 16 heavy (non-hydrogen) atoms. The summed E-state index contributed by atoms with van der Waals surface area (Å²) < 4.78 is 0. The number of hydrogen-bond acceptors (Lipinski definition) is 4. The first-order chi connectivity index (χ1) is 7.61. The lowest BCUT2D eigenvalue weighted by molar-refractivity contribution is 0.0791. The van der Waals surface area contributed by atoms with E-state index >= 15 is 0 Å². The lowest BCUT2D eigenvalue weighted by Gasteiger charge is -2.15. The fourth-order valence-corrected chi connectivity index (χ4v) is 2.91. The third-order valence-corrected chi connectivity index (χ3v) is 4.13. The van der Waals surface area contributed by atoms with E-state index in [2.05, 4.69) is 11.9 Å². The van der Waals surface area contributed by atoms with Gasteiger partial charge in [-0.3, -0.25) is 4.79 Å². The van der Waals surface area contributed by atoms with Crippen molar-refractivity contribution < 1.29 is 4.79 Å². The number of nitrogens with two attached hydrogens (primary N) is 1. The van der Waals surface area contributed by atoms with Crippen molar-refractivity contribution in [2.24, 2.45) is 5.92 Å². The van der Waals surface area contributed by atoms with Gasteiger partial charge in [-0.05, 0) is 19.3 Å². The second kappa shape index (κ2) is 4.41. The Balaban J connectivity index is 2.11. The summed E-state index contributed by atoms with van der Waals surface area (Å²) in [4.78, 5) is 18.9. The van der Waals surface area contributed by atoms with Gasteiger partial charge in [-0.1, -0.05) is 24.7 Å². The second-order valence-corrected chi connectivity index (χ2v) is 5.31. The molecule has 0 aromatic carbocycles. The van der Waals surface area contributed by atoms with Crippen LogP contribution in [0.2, 0.25) is 0 Å². The minimum Gasteiger partial charge on any atom is -0.375 e. The van der Waals surface area contributed by atoms with Gasteiger partial charge in [-0.2, -0.15) is 0 Å². The van der Waals surface area contributed by atoms with Crippen LogP contribution in [0.15, 0.2) is 0 Å². The summed E-state index contributed by atoms with van der Waals surface area (Å²) in [6.45, 7) is 5.77. The Bertz CT molecular complexity index is 402. The van der Waals surface area contributed by atoms with Gasteiger partial charge in [0.2, 0.25) is 0 Å². The van der Waals surface area contributed by atoms with Gasteiger partial charge in [-0.15, -0.1) is 0 Å². The quantitative estimate of drug-likeness (QED) is 0.857. The molecule has 1 atom stereocenters. The van der Waals surface area contributed by atoms with Gasteiger partial charge in [-0.25, -0.2) is 4.98 Å².